The predicted molar refractivity (Wildman–Crippen MR) is 62.7 cm³/mol. The molecule has 0 unspecified atom stereocenters. The lowest BCUT2D eigenvalue weighted by atomic mass is 10.1. The van der Waals surface area contributed by atoms with Gasteiger partial charge in [0.15, 0.2) is 0 Å². The van der Waals surface area contributed by atoms with Crippen molar-refractivity contribution in [1.29, 1.82) is 0 Å². The molecule has 0 aliphatic heterocycles. The van der Waals surface area contributed by atoms with E-state index in [0.717, 1.165) is 15.2 Å². The third-order valence-electron chi connectivity index (χ3n) is 2.06. The monoisotopic (exact) mass is 271 g/mol. The molecule has 0 aliphatic carbocycles. The van der Waals surface area contributed by atoms with Gasteiger partial charge in [-0.25, -0.2) is 0 Å². The van der Waals surface area contributed by atoms with Gasteiger partial charge >= 0.3 is 0 Å². The van der Waals surface area contributed by atoms with Crippen molar-refractivity contribution in [2.45, 2.75) is 0 Å². The van der Waals surface area contributed by atoms with Crippen molar-refractivity contribution < 1.29 is 5.11 Å². The second-order valence-electron chi connectivity index (χ2n) is 2.98. The van der Waals surface area contributed by atoms with Gasteiger partial charge in [-0.3, -0.25) is 0 Å². The maximum atomic E-state index is 9.32. The normalized spacial score (nSPS) is 10.7. The first-order valence-corrected chi connectivity index (χ1v) is 5.13. The number of nitrogen functional groups attached to an aromatic ring is 1. The zero-order valence-corrected chi connectivity index (χ0v) is 9.43. The summed E-state index contributed by atoms with van der Waals surface area (Å²) in [6.07, 6.45) is 0. The van der Waals surface area contributed by atoms with Crippen molar-refractivity contribution in [3.8, 4) is 5.75 Å². The van der Waals surface area contributed by atoms with Crippen molar-refractivity contribution in [2.75, 3.05) is 5.73 Å². The Balaban J connectivity index is 2.95. The number of fused-ring (bicyclic) bond motifs is 1. The van der Waals surface area contributed by atoms with Crippen LogP contribution in [0, 0.1) is 0 Å². The van der Waals surface area contributed by atoms with Crippen LogP contribution in [-0.4, -0.2) is 5.11 Å². The molecule has 0 aliphatic rings. The van der Waals surface area contributed by atoms with Gasteiger partial charge in [-0.2, -0.15) is 0 Å². The summed E-state index contributed by atoms with van der Waals surface area (Å²) >= 11 is 9.29. The van der Waals surface area contributed by atoms with E-state index < -0.39 is 0 Å². The smallest absolute Gasteiger partial charge is 0.116 e. The molecule has 2 nitrogen and oxygen atoms in total. The van der Waals surface area contributed by atoms with Crippen molar-refractivity contribution >= 4 is 44.0 Å². The van der Waals surface area contributed by atoms with Crippen LogP contribution in [0.25, 0.3) is 10.8 Å². The minimum Gasteiger partial charge on any atom is -0.508 e. The van der Waals surface area contributed by atoms with Crippen LogP contribution >= 0.6 is 27.5 Å². The van der Waals surface area contributed by atoms with E-state index >= 15 is 0 Å². The fourth-order valence-corrected chi connectivity index (χ4v) is 2.28. The molecule has 2 rings (SSSR count). The average Bonchev–Trinajstić information content (AvgIpc) is 2.14. The summed E-state index contributed by atoms with van der Waals surface area (Å²) in [5.41, 5.74) is 6.28. The molecule has 72 valence electrons. The zero-order valence-electron chi connectivity index (χ0n) is 7.09. The quantitative estimate of drug-likeness (QED) is 0.721. The Morgan fingerprint density at radius 1 is 1.21 bits per heavy atom. The molecule has 3 N–H and O–H groups in total. The highest BCUT2D eigenvalue weighted by atomic mass is 79.9. The summed E-state index contributed by atoms with van der Waals surface area (Å²) in [4.78, 5) is 0. The highest BCUT2D eigenvalue weighted by Crippen LogP contribution is 2.36. The second kappa shape index (κ2) is 3.33. The van der Waals surface area contributed by atoms with Crippen LogP contribution in [0.1, 0.15) is 0 Å². The molecule has 0 fully saturated rings. The van der Waals surface area contributed by atoms with Crippen molar-refractivity contribution in [3.63, 3.8) is 0 Å². The molecule has 0 bridgehead atoms. The molecule has 0 heterocycles. The number of anilines is 1. The molecule has 0 amide bonds. The average molecular weight is 273 g/mol. The SMILES string of the molecule is Nc1c(Cl)cc(Br)c2ccc(O)cc12. The van der Waals surface area contributed by atoms with Crippen LogP contribution in [0.5, 0.6) is 5.75 Å². The summed E-state index contributed by atoms with van der Waals surface area (Å²) < 4.78 is 0.867. The topological polar surface area (TPSA) is 46.2 Å². The molecular formula is C10H7BrClNO. The van der Waals surface area contributed by atoms with Gasteiger partial charge in [0.25, 0.3) is 0 Å². The molecule has 2 aromatic carbocycles. The van der Waals surface area contributed by atoms with E-state index in [1.165, 1.54) is 0 Å². The van der Waals surface area contributed by atoms with Crippen LogP contribution in [-0.2, 0) is 0 Å². The van der Waals surface area contributed by atoms with Crippen LogP contribution in [0.15, 0.2) is 28.7 Å². The van der Waals surface area contributed by atoms with E-state index in [1.807, 2.05) is 0 Å². The molecule has 4 heteroatoms. The number of rotatable bonds is 0. The Hall–Kier alpha value is -0.930. The maximum Gasteiger partial charge on any atom is 0.116 e. The highest BCUT2D eigenvalue weighted by Gasteiger charge is 2.07. The molecule has 0 radical (unpaired) electrons. The summed E-state index contributed by atoms with van der Waals surface area (Å²) in [5.74, 6) is 0.179. The van der Waals surface area contributed by atoms with E-state index in [9.17, 15) is 5.11 Å². The van der Waals surface area contributed by atoms with Crippen molar-refractivity contribution in [1.82, 2.24) is 0 Å². The number of aromatic hydroxyl groups is 1. The van der Waals surface area contributed by atoms with Gasteiger partial charge in [0.05, 0.1) is 10.7 Å². The van der Waals surface area contributed by atoms with Crippen LogP contribution in [0.2, 0.25) is 5.02 Å². The van der Waals surface area contributed by atoms with Gasteiger partial charge in [0.2, 0.25) is 0 Å². The number of nitrogens with two attached hydrogens (primary N) is 1. The zero-order chi connectivity index (χ0) is 10.3. The fourth-order valence-electron chi connectivity index (χ4n) is 1.36. The molecule has 0 spiro atoms. The standard InChI is InChI=1S/C10H7BrClNO/c11-8-4-9(12)10(13)7-3-5(14)1-2-6(7)8/h1-4,14H,13H2. The van der Waals surface area contributed by atoms with Crippen molar-refractivity contribution in [3.05, 3.63) is 33.8 Å². The highest BCUT2D eigenvalue weighted by molar-refractivity contribution is 9.10. The van der Waals surface area contributed by atoms with E-state index in [4.69, 9.17) is 17.3 Å². The molecule has 2 aromatic rings. The Kier molecular flexibility index (Phi) is 2.29. The van der Waals surface area contributed by atoms with Gasteiger partial charge in [0.1, 0.15) is 5.75 Å². The summed E-state index contributed by atoms with van der Waals surface area (Å²) in [6, 6.07) is 6.75. The minimum absolute atomic E-state index is 0.179. The predicted octanol–water partition coefficient (Wildman–Crippen LogP) is 3.54. The van der Waals surface area contributed by atoms with Gasteiger partial charge in [0, 0.05) is 9.86 Å². The van der Waals surface area contributed by atoms with Gasteiger partial charge in [-0.05, 0) is 29.7 Å². The summed E-state index contributed by atoms with van der Waals surface area (Å²) in [5, 5.41) is 11.5. The molecule has 0 saturated heterocycles. The third kappa shape index (κ3) is 1.42. The largest absolute Gasteiger partial charge is 0.508 e. The summed E-state index contributed by atoms with van der Waals surface area (Å²) in [6.45, 7) is 0. The van der Waals surface area contributed by atoms with E-state index in [0.29, 0.717) is 10.7 Å². The lowest BCUT2D eigenvalue weighted by Gasteiger charge is -2.06. The molecule has 14 heavy (non-hydrogen) atoms. The number of hydrogen-bond donors (Lipinski definition) is 2. The lowest BCUT2D eigenvalue weighted by Crippen LogP contribution is -1.89. The Bertz CT molecular complexity index is 513. The number of phenols is 1. The first-order chi connectivity index (χ1) is 6.59. The molecule has 0 atom stereocenters. The first kappa shape index (κ1) is 9.62. The lowest BCUT2D eigenvalue weighted by molar-refractivity contribution is 0.476. The van der Waals surface area contributed by atoms with Crippen molar-refractivity contribution in [2.24, 2.45) is 0 Å². The van der Waals surface area contributed by atoms with E-state index in [-0.39, 0.29) is 5.75 Å². The first-order valence-electron chi connectivity index (χ1n) is 3.96. The maximum absolute atomic E-state index is 9.32. The third-order valence-corrected chi connectivity index (χ3v) is 3.03. The number of halogens is 2. The minimum atomic E-state index is 0.179. The van der Waals surface area contributed by atoms with E-state index in [2.05, 4.69) is 15.9 Å². The number of phenolic OH excluding ortho intramolecular Hbond substituents is 1. The molecule has 0 aromatic heterocycles. The fraction of sp³-hybridized carbons (Fsp3) is 0. The molecule has 0 saturated carbocycles. The Morgan fingerprint density at radius 2 is 1.93 bits per heavy atom. The van der Waals surface area contributed by atoms with Gasteiger partial charge in [-0.15, -0.1) is 0 Å². The number of hydrogen-bond acceptors (Lipinski definition) is 2. The van der Waals surface area contributed by atoms with Crippen LogP contribution in [0.4, 0.5) is 5.69 Å². The molecular weight excluding hydrogens is 265 g/mol. The summed E-state index contributed by atoms with van der Waals surface area (Å²) in [7, 11) is 0. The van der Waals surface area contributed by atoms with Gasteiger partial charge in [-0.1, -0.05) is 27.5 Å². The second-order valence-corrected chi connectivity index (χ2v) is 4.25. The van der Waals surface area contributed by atoms with Crippen LogP contribution in [0.3, 0.4) is 0 Å². The Morgan fingerprint density at radius 3 is 2.64 bits per heavy atom. The number of benzene rings is 2. The van der Waals surface area contributed by atoms with Gasteiger partial charge < -0.3 is 10.8 Å². The van der Waals surface area contributed by atoms with E-state index in [1.54, 1.807) is 24.3 Å². The Labute approximate surface area is 94.4 Å². The van der Waals surface area contributed by atoms with Crippen LogP contribution < -0.4 is 5.73 Å².